The summed E-state index contributed by atoms with van der Waals surface area (Å²) in [6, 6.07) is 0. The van der Waals surface area contributed by atoms with Gasteiger partial charge in [0.05, 0.1) is 0 Å². The number of rotatable bonds is 3. The predicted molar refractivity (Wildman–Crippen MR) is 88.3 cm³/mol. The molecule has 2 aliphatic heterocycles. The van der Waals surface area contributed by atoms with E-state index in [1.165, 1.54) is 0 Å². The first-order chi connectivity index (χ1) is 12.3. The van der Waals surface area contributed by atoms with Gasteiger partial charge < -0.3 is 38.3 Å². The van der Waals surface area contributed by atoms with E-state index in [-0.39, 0.29) is 0 Å². The van der Waals surface area contributed by atoms with E-state index in [1.807, 2.05) is 13.8 Å². The van der Waals surface area contributed by atoms with Crippen molar-refractivity contribution in [2.24, 2.45) is 0 Å². The summed E-state index contributed by atoms with van der Waals surface area (Å²) in [6.07, 6.45) is -0.488. The molecule has 150 valence electrons. The highest BCUT2D eigenvalue weighted by Crippen LogP contribution is 2.52. The Kier molecular flexibility index (Phi) is 4.65. The van der Waals surface area contributed by atoms with Crippen molar-refractivity contribution >= 4 is 0 Å². The van der Waals surface area contributed by atoms with Crippen molar-refractivity contribution < 1.29 is 38.3 Å². The minimum Gasteiger partial charge on any atom is -0.387 e. The van der Waals surface area contributed by atoms with E-state index in [4.69, 9.17) is 33.2 Å². The zero-order chi connectivity index (χ0) is 18.7. The van der Waals surface area contributed by atoms with Gasteiger partial charge in [0.1, 0.15) is 36.6 Å². The molecule has 0 bridgehead atoms. The molecule has 8 atom stereocenters. The Morgan fingerprint density at radius 1 is 0.769 bits per heavy atom. The lowest BCUT2D eigenvalue weighted by Crippen LogP contribution is -2.76. The van der Waals surface area contributed by atoms with Crippen LogP contribution in [0, 0.1) is 0 Å². The van der Waals surface area contributed by atoms with Gasteiger partial charge >= 0.3 is 0 Å². The van der Waals surface area contributed by atoms with E-state index in [0.29, 0.717) is 12.8 Å². The lowest BCUT2D eigenvalue weighted by atomic mass is 9.79. The maximum absolute atomic E-state index is 11.0. The Labute approximate surface area is 154 Å². The van der Waals surface area contributed by atoms with Crippen molar-refractivity contribution in [1.82, 2.24) is 0 Å². The number of ether oxygens (including phenoxy) is 7. The molecule has 8 nitrogen and oxygen atoms in total. The third-order valence-corrected chi connectivity index (χ3v) is 6.23. The molecule has 2 saturated heterocycles. The van der Waals surface area contributed by atoms with Crippen molar-refractivity contribution in [3.63, 3.8) is 0 Å². The van der Waals surface area contributed by atoms with Crippen LogP contribution in [0.4, 0.5) is 0 Å². The second-order valence-electron chi connectivity index (χ2n) is 8.04. The van der Waals surface area contributed by atoms with E-state index < -0.39 is 54.0 Å². The van der Waals surface area contributed by atoms with Gasteiger partial charge in [-0.15, -0.1) is 0 Å². The Bertz CT molecular complexity index is 541. The SMILES string of the molecule is CO[C@@H]1[C@H]2OC(C)(C)O[C@H]2[C@H](O)[C@@H]2O[C@@]3(OC)CCCC[C@]3(OC)O[C@@H]12. The molecule has 4 aliphatic rings. The van der Waals surface area contributed by atoms with Crippen LogP contribution in [0.5, 0.6) is 0 Å². The molecule has 2 aliphatic carbocycles. The summed E-state index contributed by atoms with van der Waals surface area (Å²) >= 11 is 0. The Balaban J connectivity index is 1.72. The van der Waals surface area contributed by atoms with Gasteiger partial charge in [-0.3, -0.25) is 0 Å². The van der Waals surface area contributed by atoms with Gasteiger partial charge in [0.15, 0.2) is 5.79 Å². The maximum Gasteiger partial charge on any atom is 0.223 e. The highest BCUT2D eigenvalue weighted by Gasteiger charge is 2.69. The van der Waals surface area contributed by atoms with Gasteiger partial charge in [0.25, 0.3) is 0 Å². The third kappa shape index (κ3) is 2.51. The zero-order valence-electron chi connectivity index (χ0n) is 16.1. The molecule has 0 aromatic carbocycles. The van der Waals surface area contributed by atoms with Crippen molar-refractivity contribution in [3.05, 3.63) is 0 Å². The molecule has 0 aromatic heterocycles. The van der Waals surface area contributed by atoms with Crippen molar-refractivity contribution in [3.8, 4) is 0 Å². The topological polar surface area (TPSA) is 84.8 Å². The fraction of sp³-hybridized carbons (Fsp3) is 1.00. The Hall–Kier alpha value is -0.320. The molecule has 4 rings (SSSR count). The van der Waals surface area contributed by atoms with Gasteiger partial charge in [-0.05, 0) is 26.7 Å². The van der Waals surface area contributed by atoms with Crippen LogP contribution in [-0.4, -0.2) is 80.4 Å². The summed E-state index contributed by atoms with van der Waals surface area (Å²) in [5, 5.41) is 11.0. The first kappa shape index (κ1) is 19.0. The molecular formula is C18H30O8. The summed E-state index contributed by atoms with van der Waals surface area (Å²) < 4.78 is 42.2. The summed E-state index contributed by atoms with van der Waals surface area (Å²) in [5.41, 5.74) is 0. The van der Waals surface area contributed by atoms with Crippen LogP contribution in [-0.2, 0) is 33.2 Å². The van der Waals surface area contributed by atoms with Crippen molar-refractivity contribution in [1.29, 1.82) is 0 Å². The van der Waals surface area contributed by atoms with Gasteiger partial charge in [-0.1, -0.05) is 0 Å². The first-order valence-corrected chi connectivity index (χ1v) is 9.34. The van der Waals surface area contributed by atoms with E-state index in [0.717, 1.165) is 12.8 Å². The molecular weight excluding hydrogens is 344 g/mol. The van der Waals surface area contributed by atoms with Crippen LogP contribution in [0.2, 0.25) is 0 Å². The highest BCUT2D eigenvalue weighted by atomic mass is 16.8. The smallest absolute Gasteiger partial charge is 0.223 e. The summed E-state index contributed by atoms with van der Waals surface area (Å²) in [5.74, 6) is -2.92. The quantitative estimate of drug-likeness (QED) is 0.781. The number of hydrogen-bond donors (Lipinski definition) is 1. The fourth-order valence-corrected chi connectivity index (χ4v) is 5.07. The molecule has 4 fully saturated rings. The largest absolute Gasteiger partial charge is 0.387 e. The molecule has 0 amide bonds. The molecule has 1 N–H and O–H groups in total. The average molecular weight is 374 g/mol. The van der Waals surface area contributed by atoms with E-state index in [2.05, 4.69) is 0 Å². The number of fused-ring (bicyclic) bond motifs is 3. The fourth-order valence-electron chi connectivity index (χ4n) is 5.07. The standard InChI is InChI=1S/C18H30O8/c1-16(2)23-11-10(19)12-15(13(20-3)14(11)24-16)26-18(22-5)9-7-6-8-17(18,21-4)25-12/h10-15,19H,6-9H2,1-5H3/t10-,11-,12-,13+,14-,15+,17-,18-/m0/s1. The molecule has 0 radical (unpaired) electrons. The molecule has 26 heavy (non-hydrogen) atoms. The summed E-state index contributed by atoms with van der Waals surface area (Å²) in [4.78, 5) is 0. The molecule has 0 unspecified atom stereocenters. The molecule has 2 heterocycles. The summed E-state index contributed by atoms with van der Waals surface area (Å²) in [7, 11) is 4.80. The lowest BCUT2D eigenvalue weighted by Gasteiger charge is -2.60. The van der Waals surface area contributed by atoms with E-state index in [9.17, 15) is 5.11 Å². The van der Waals surface area contributed by atoms with Crippen LogP contribution in [0.3, 0.4) is 0 Å². The van der Waals surface area contributed by atoms with Crippen LogP contribution >= 0.6 is 0 Å². The second-order valence-corrected chi connectivity index (χ2v) is 8.04. The lowest BCUT2D eigenvalue weighted by molar-refractivity contribution is -0.487. The normalized spacial score (nSPS) is 52.8. The number of aliphatic hydroxyl groups is 1. The number of hydrogen-bond acceptors (Lipinski definition) is 8. The predicted octanol–water partition coefficient (Wildman–Crippen LogP) is 0.939. The van der Waals surface area contributed by atoms with E-state index >= 15 is 0 Å². The minimum absolute atomic E-state index is 0.456. The molecule has 0 aromatic rings. The molecule has 8 heteroatoms. The first-order valence-electron chi connectivity index (χ1n) is 9.34. The van der Waals surface area contributed by atoms with Gasteiger partial charge in [-0.2, -0.15) is 0 Å². The minimum atomic E-state index is -1.07. The monoisotopic (exact) mass is 374 g/mol. The van der Waals surface area contributed by atoms with Gasteiger partial charge in [0, 0.05) is 34.2 Å². The number of methoxy groups -OCH3 is 3. The van der Waals surface area contributed by atoms with Crippen molar-refractivity contribution in [2.75, 3.05) is 21.3 Å². The highest BCUT2D eigenvalue weighted by molar-refractivity contribution is 5.10. The Morgan fingerprint density at radius 2 is 1.23 bits per heavy atom. The van der Waals surface area contributed by atoms with Crippen molar-refractivity contribution in [2.45, 2.75) is 93.5 Å². The van der Waals surface area contributed by atoms with Crippen LogP contribution in [0.25, 0.3) is 0 Å². The number of aliphatic hydroxyl groups excluding tert-OH is 1. The summed E-state index contributed by atoms with van der Waals surface area (Å²) in [6.45, 7) is 3.65. The van der Waals surface area contributed by atoms with Crippen LogP contribution in [0.15, 0.2) is 0 Å². The van der Waals surface area contributed by atoms with Gasteiger partial charge in [-0.25, -0.2) is 0 Å². The maximum atomic E-state index is 11.0. The Morgan fingerprint density at radius 3 is 1.77 bits per heavy atom. The van der Waals surface area contributed by atoms with Gasteiger partial charge in [0.2, 0.25) is 11.6 Å². The molecule has 0 spiro atoms. The second kappa shape index (κ2) is 6.35. The van der Waals surface area contributed by atoms with Crippen LogP contribution < -0.4 is 0 Å². The third-order valence-electron chi connectivity index (χ3n) is 6.23. The average Bonchev–Trinajstić information content (AvgIpc) is 2.96. The molecule has 2 saturated carbocycles. The van der Waals surface area contributed by atoms with Crippen LogP contribution in [0.1, 0.15) is 39.5 Å². The van der Waals surface area contributed by atoms with E-state index in [1.54, 1.807) is 21.3 Å². The zero-order valence-corrected chi connectivity index (χ0v) is 16.1.